The third-order valence-electron chi connectivity index (χ3n) is 2.90. The molecule has 0 bridgehead atoms. The molecular formula is C17H40N6O8. The molecule has 0 aliphatic carbocycles. The Balaban J connectivity index is -0.000000168. The van der Waals surface area contributed by atoms with E-state index in [0.29, 0.717) is 19.4 Å². The van der Waals surface area contributed by atoms with Crippen LogP contribution in [-0.2, 0) is 14.4 Å². The van der Waals surface area contributed by atoms with Crippen molar-refractivity contribution in [1.82, 2.24) is 5.32 Å². The molecule has 0 aromatic carbocycles. The van der Waals surface area contributed by atoms with Crippen LogP contribution in [0.4, 0.5) is 0 Å². The lowest BCUT2D eigenvalue weighted by molar-refractivity contribution is -0.870. The van der Waals surface area contributed by atoms with Crippen molar-refractivity contribution in [3.63, 3.8) is 0 Å². The number of aliphatic hydroxyl groups is 2. The average molecular weight is 457 g/mol. The van der Waals surface area contributed by atoms with Crippen molar-refractivity contribution in [2.45, 2.75) is 44.9 Å². The number of quaternary nitrogens is 1. The van der Waals surface area contributed by atoms with Gasteiger partial charge in [0, 0.05) is 12.5 Å². The molecule has 0 aliphatic rings. The number of guanidine groups is 1. The van der Waals surface area contributed by atoms with E-state index < -0.39 is 36.1 Å². The van der Waals surface area contributed by atoms with Gasteiger partial charge in [-0.1, -0.05) is 0 Å². The van der Waals surface area contributed by atoms with E-state index in [1.54, 1.807) is 0 Å². The number of carboxylic acid groups (broad SMARTS) is 3. The van der Waals surface area contributed by atoms with Crippen molar-refractivity contribution in [3.8, 4) is 0 Å². The van der Waals surface area contributed by atoms with E-state index in [1.165, 1.54) is 6.92 Å². The molecule has 0 saturated carbocycles. The molecule has 12 N–H and O–H groups in total. The van der Waals surface area contributed by atoms with E-state index in [-0.39, 0.29) is 12.6 Å². The lowest BCUT2D eigenvalue weighted by Crippen LogP contribution is -2.39. The van der Waals surface area contributed by atoms with Crippen molar-refractivity contribution >= 4 is 23.9 Å². The minimum absolute atomic E-state index is 0.112. The zero-order valence-electron chi connectivity index (χ0n) is 18.9. The number of carbonyl (C=O) groups is 3. The smallest absolute Gasteiger partial charge is 0.323 e. The highest BCUT2D eigenvalue weighted by Gasteiger charge is 2.16. The summed E-state index contributed by atoms with van der Waals surface area (Å²) in [6.45, 7) is 3.90. The third-order valence-corrected chi connectivity index (χ3v) is 2.90. The molecule has 3 atom stereocenters. The summed E-state index contributed by atoms with van der Waals surface area (Å²) < 4.78 is 0.844. The minimum Gasteiger partial charge on any atom is -0.550 e. The predicted octanol–water partition coefficient (Wildman–Crippen LogP) is -4.12. The fourth-order valence-electron chi connectivity index (χ4n) is 1.17. The lowest BCUT2D eigenvalue weighted by Gasteiger charge is -2.21. The molecule has 186 valence electrons. The van der Waals surface area contributed by atoms with Crippen LogP contribution in [-0.4, -0.2) is 108 Å². The second-order valence-corrected chi connectivity index (χ2v) is 7.26. The lowest BCUT2D eigenvalue weighted by atomic mass is 10.2. The molecule has 0 radical (unpaired) electrons. The van der Waals surface area contributed by atoms with Crippen LogP contribution in [0.1, 0.15) is 26.7 Å². The fourth-order valence-corrected chi connectivity index (χ4v) is 1.17. The van der Waals surface area contributed by atoms with E-state index in [2.05, 4.69) is 26.5 Å². The zero-order chi connectivity index (χ0) is 25.8. The maximum Gasteiger partial charge on any atom is 0.323 e. The number of carbonyl (C=O) groups excluding carboxylic acids is 1. The maximum absolute atomic E-state index is 10.2. The number of hydrogen-bond acceptors (Lipinski definition) is 9. The Kier molecular flexibility index (Phi) is 24.0. The van der Waals surface area contributed by atoms with Gasteiger partial charge in [-0.05, 0) is 26.7 Å². The Morgan fingerprint density at radius 2 is 1.55 bits per heavy atom. The number of hydrogen-bond donors (Lipinski definition) is 9. The Bertz CT molecular complexity index is 507. The molecule has 3 unspecified atom stereocenters. The van der Waals surface area contributed by atoms with Crippen LogP contribution in [0.15, 0.2) is 0 Å². The van der Waals surface area contributed by atoms with Crippen molar-refractivity contribution in [2.24, 2.45) is 17.2 Å². The maximum atomic E-state index is 10.2. The molecule has 0 saturated heterocycles. The molecule has 14 nitrogen and oxygen atoms in total. The summed E-state index contributed by atoms with van der Waals surface area (Å²) in [6.07, 6.45) is -0.00431. The first-order valence-electron chi connectivity index (χ1n) is 9.20. The van der Waals surface area contributed by atoms with Crippen molar-refractivity contribution in [3.05, 3.63) is 0 Å². The summed E-state index contributed by atoms with van der Waals surface area (Å²) in [7, 11) is 6.16. The van der Waals surface area contributed by atoms with Crippen LogP contribution in [0.25, 0.3) is 0 Å². The first-order valence-corrected chi connectivity index (χ1v) is 9.20. The van der Waals surface area contributed by atoms with Crippen LogP contribution in [0.3, 0.4) is 0 Å². The summed E-state index contributed by atoms with van der Waals surface area (Å²) >= 11 is 0. The number of carboxylic acids is 3. The molecule has 0 spiro atoms. The molecule has 0 rings (SSSR count). The first-order chi connectivity index (χ1) is 13.9. The highest BCUT2D eigenvalue weighted by molar-refractivity contribution is 5.74. The summed E-state index contributed by atoms with van der Waals surface area (Å²) in [4.78, 5) is 29.0. The fraction of sp³-hybridized carbons (Fsp3) is 0.765. The van der Waals surface area contributed by atoms with Crippen molar-refractivity contribution < 1.29 is 44.4 Å². The Hall–Kier alpha value is -2.52. The van der Waals surface area contributed by atoms with E-state index in [9.17, 15) is 9.59 Å². The average Bonchev–Trinajstić information content (AvgIpc) is 2.56. The standard InChI is InChI=1S/C6H14N4O2.C5H14NO.C4H9NO3.C2H4O2/c7-4(5(11)12)2-1-3-10-6(8)9;1-6(2,3)4-5-7;1-2(6)3(5)4(7)8;1-2(3)4/h4H,1-3,7H2,(H,11,12)(H4,8,9,10);7H,4-5H2,1-3H3;2-3,6H,5H2,1H3,(H,7,8);1H3,(H,3,4)/q;+1;;/p-1. The molecule has 0 amide bonds. The van der Waals surface area contributed by atoms with Gasteiger partial charge in [0.25, 0.3) is 0 Å². The quantitative estimate of drug-likeness (QED) is 0.0692. The van der Waals surface area contributed by atoms with Gasteiger partial charge in [-0.2, -0.15) is 0 Å². The molecule has 0 aromatic rings. The number of aliphatic hydroxyl groups excluding tert-OH is 2. The highest BCUT2D eigenvalue weighted by Crippen LogP contribution is 1.92. The molecular weight excluding hydrogens is 416 g/mol. The van der Waals surface area contributed by atoms with Gasteiger partial charge in [-0.15, -0.1) is 0 Å². The van der Waals surface area contributed by atoms with E-state index >= 15 is 0 Å². The van der Waals surface area contributed by atoms with Crippen LogP contribution in [0.5, 0.6) is 0 Å². The normalized spacial score (nSPS) is 12.7. The van der Waals surface area contributed by atoms with Crippen LogP contribution in [0.2, 0.25) is 0 Å². The van der Waals surface area contributed by atoms with Gasteiger partial charge in [0.2, 0.25) is 0 Å². The summed E-state index contributed by atoms with van der Waals surface area (Å²) in [5, 5.41) is 51.5. The topological polar surface area (TPSA) is 269 Å². The highest BCUT2D eigenvalue weighted by atomic mass is 16.4. The SMILES string of the molecule is CC(=O)[O-].CC(O)C(N)C(=O)O.C[N+](C)(C)CCO.N=C(N)NCCCC(N)C(=O)O. The molecule has 14 heteroatoms. The van der Waals surface area contributed by atoms with Gasteiger partial charge in [0.05, 0.1) is 33.9 Å². The Morgan fingerprint density at radius 3 is 1.71 bits per heavy atom. The second kappa shape index (κ2) is 20.7. The minimum atomic E-state index is -1.18. The molecule has 0 fully saturated rings. The zero-order valence-corrected chi connectivity index (χ0v) is 18.9. The predicted molar refractivity (Wildman–Crippen MR) is 113 cm³/mol. The molecule has 31 heavy (non-hydrogen) atoms. The number of nitrogens with zero attached hydrogens (tertiary/aromatic N) is 1. The number of aliphatic carboxylic acids is 3. The monoisotopic (exact) mass is 456 g/mol. The van der Waals surface area contributed by atoms with Gasteiger partial charge in [0.1, 0.15) is 18.6 Å². The largest absolute Gasteiger partial charge is 0.550 e. The Morgan fingerprint density at radius 1 is 1.13 bits per heavy atom. The first kappa shape index (κ1) is 35.9. The van der Waals surface area contributed by atoms with Crippen LogP contribution < -0.4 is 27.6 Å². The van der Waals surface area contributed by atoms with Gasteiger partial charge in [-0.3, -0.25) is 15.0 Å². The van der Waals surface area contributed by atoms with E-state index in [1.807, 2.05) is 0 Å². The number of rotatable bonds is 9. The summed E-state index contributed by atoms with van der Waals surface area (Å²) in [5.74, 6) is -3.38. The van der Waals surface area contributed by atoms with Gasteiger partial charge in [0.15, 0.2) is 5.96 Å². The number of nitrogens with one attached hydrogen (secondary N) is 2. The molecule has 0 aliphatic heterocycles. The second-order valence-electron chi connectivity index (χ2n) is 7.26. The van der Waals surface area contributed by atoms with Crippen molar-refractivity contribution in [2.75, 3.05) is 40.8 Å². The van der Waals surface area contributed by atoms with Gasteiger partial charge < -0.3 is 57.3 Å². The van der Waals surface area contributed by atoms with Gasteiger partial charge >= 0.3 is 11.9 Å². The van der Waals surface area contributed by atoms with Crippen LogP contribution >= 0.6 is 0 Å². The third kappa shape index (κ3) is 42.5. The van der Waals surface area contributed by atoms with Crippen LogP contribution in [0, 0.1) is 5.41 Å². The van der Waals surface area contributed by atoms with E-state index in [4.69, 9.17) is 52.9 Å². The van der Waals surface area contributed by atoms with Crippen molar-refractivity contribution in [1.29, 1.82) is 5.41 Å². The summed E-state index contributed by atoms with van der Waals surface area (Å²) in [6, 6.07) is -1.98. The molecule has 0 heterocycles. The summed E-state index contributed by atoms with van der Waals surface area (Å²) in [5.41, 5.74) is 15.1. The molecule has 0 aromatic heterocycles. The number of likely N-dealkylation sites (N-methyl/N-ethyl adjacent to an activating group) is 1. The number of nitrogens with two attached hydrogens (primary N) is 3. The Labute approximate surface area is 182 Å². The van der Waals surface area contributed by atoms with Gasteiger partial charge in [-0.25, -0.2) is 0 Å². The van der Waals surface area contributed by atoms with E-state index in [0.717, 1.165) is 18.0 Å².